The number of hydrogen-bond donors (Lipinski definition) is 1. The summed E-state index contributed by atoms with van der Waals surface area (Å²) in [5.41, 5.74) is 0.738. The van der Waals surface area contributed by atoms with Crippen molar-refractivity contribution >= 4 is 11.5 Å². The predicted molar refractivity (Wildman–Crippen MR) is 42.9 cm³/mol. The number of anilines is 2. The Balaban J connectivity index is 2.51. The summed E-state index contributed by atoms with van der Waals surface area (Å²) in [6.07, 6.45) is 8.27. The first-order valence-corrected chi connectivity index (χ1v) is 3.34. The topological polar surface area (TPSA) is 64.8 Å². The molecule has 58 valence electrons. The van der Waals surface area contributed by atoms with Gasteiger partial charge in [0, 0.05) is 12.4 Å². The van der Waals surface area contributed by atoms with Crippen molar-refractivity contribution in [2.75, 3.05) is 10.2 Å². The molecule has 12 heavy (non-hydrogen) atoms. The molecule has 0 aromatic carbocycles. The molecule has 0 saturated heterocycles. The van der Waals surface area contributed by atoms with Crippen molar-refractivity contribution in [1.29, 1.82) is 5.26 Å². The van der Waals surface area contributed by atoms with Crippen LogP contribution in [0.25, 0.3) is 0 Å². The van der Waals surface area contributed by atoms with Crippen LogP contribution in [0.15, 0.2) is 24.9 Å². The number of aromatic nitrogens is 2. The molecule has 0 unspecified atom stereocenters. The van der Waals surface area contributed by atoms with Gasteiger partial charge in [-0.1, -0.05) is 0 Å². The molecule has 2 heterocycles. The minimum atomic E-state index is 0.579. The Bertz CT molecular complexity index is 364. The first-order chi connectivity index (χ1) is 5.92. The molecule has 5 heteroatoms. The largest absolute Gasteiger partial charge is 0.356 e. The summed E-state index contributed by atoms with van der Waals surface area (Å²) in [7, 11) is 0. The van der Waals surface area contributed by atoms with Gasteiger partial charge in [0.2, 0.25) is 0 Å². The van der Waals surface area contributed by atoms with E-state index in [-0.39, 0.29) is 0 Å². The van der Waals surface area contributed by atoms with Crippen molar-refractivity contribution in [1.82, 2.24) is 9.97 Å². The molecule has 0 bridgehead atoms. The third-order valence-electron chi connectivity index (χ3n) is 1.49. The Morgan fingerprint density at radius 3 is 3.33 bits per heavy atom. The highest BCUT2D eigenvalue weighted by molar-refractivity contribution is 5.71. The van der Waals surface area contributed by atoms with Gasteiger partial charge in [0.1, 0.15) is 12.0 Å². The van der Waals surface area contributed by atoms with E-state index in [2.05, 4.69) is 15.3 Å². The van der Waals surface area contributed by atoms with Crippen LogP contribution in [0, 0.1) is 11.5 Å². The Kier molecular flexibility index (Phi) is 1.38. The fraction of sp³-hybridized carbons (Fsp3) is 0. The van der Waals surface area contributed by atoms with E-state index >= 15 is 0 Å². The van der Waals surface area contributed by atoms with Crippen molar-refractivity contribution in [3.63, 3.8) is 0 Å². The summed E-state index contributed by atoms with van der Waals surface area (Å²) in [6, 6.07) is 0. The minimum absolute atomic E-state index is 0.579. The van der Waals surface area contributed by atoms with E-state index in [1.165, 1.54) is 11.2 Å². The fourth-order valence-electron chi connectivity index (χ4n) is 0.970. The lowest BCUT2D eigenvalue weighted by atomic mass is 10.4. The standard InChI is InChI=1S/C7H5N5/c8-4-12-2-1-10-6-3-9-5-11-7(6)12/h1-3,5,10H. The second-order valence-electron chi connectivity index (χ2n) is 2.19. The highest BCUT2D eigenvalue weighted by Gasteiger charge is 2.12. The second kappa shape index (κ2) is 2.51. The number of nitriles is 1. The number of hydrogen-bond acceptors (Lipinski definition) is 5. The van der Waals surface area contributed by atoms with Gasteiger partial charge in [-0.05, 0) is 0 Å². The van der Waals surface area contributed by atoms with Gasteiger partial charge in [0.15, 0.2) is 12.0 Å². The Hall–Kier alpha value is -2.09. The Labute approximate surface area is 69.0 Å². The Morgan fingerprint density at radius 2 is 2.50 bits per heavy atom. The smallest absolute Gasteiger partial charge is 0.190 e. The first-order valence-electron chi connectivity index (χ1n) is 3.34. The number of nitrogens with zero attached hydrogens (tertiary/aromatic N) is 4. The van der Waals surface area contributed by atoms with E-state index in [9.17, 15) is 0 Å². The van der Waals surface area contributed by atoms with Gasteiger partial charge in [-0.2, -0.15) is 5.26 Å². The third kappa shape index (κ3) is 0.864. The SMILES string of the molecule is N#CN1C=CNc2cncnc21. The monoisotopic (exact) mass is 159 g/mol. The lowest BCUT2D eigenvalue weighted by Crippen LogP contribution is -2.15. The molecule has 1 aliphatic heterocycles. The number of rotatable bonds is 0. The molecule has 2 rings (SSSR count). The van der Waals surface area contributed by atoms with Crippen LogP contribution < -0.4 is 10.2 Å². The zero-order chi connectivity index (χ0) is 8.39. The van der Waals surface area contributed by atoms with Gasteiger partial charge in [0.25, 0.3) is 0 Å². The molecule has 1 N–H and O–H groups in total. The molecule has 0 aliphatic carbocycles. The van der Waals surface area contributed by atoms with Crippen LogP contribution in [0.3, 0.4) is 0 Å². The van der Waals surface area contributed by atoms with E-state index in [0.29, 0.717) is 5.82 Å². The summed E-state index contributed by atoms with van der Waals surface area (Å²) in [4.78, 5) is 9.14. The number of fused-ring (bicyclic) bond motifs is 1. The molecule has 1 aliphatic rings. The van der Waals surface area contributed by atoms with Gasteiger partial charge in [0.05, 0.1) is 6.20 Å². The molecular formula is C7H5N5. The molecule has 0 amide bonds. The quantitative estimate of drug-likeness (QED) is 0.563. The van der Waals surface area contributed by atoms with Gasteiger partial charge in [-0.3, -0.25) is 0 Å². The molecular weight excluding hydrogens is 154 g/mol. The molecule has 0 saturated carbocycles. The highest BCUT2D eigenvalue weighted by Crippen LogP contribution is 2.23. The van der Waals surface area contributed by atoms with Gasteiger partial charge < -0.3 is 5.32 Å². The van der Waals surface area contributed by atoms with Crippen molar-refractivity contribution < 1.29 is 0 Å². The van der Waals surface area contributed by atoms with E-state index in [4.69, 9.17) is 5.26 Å². The lowest BCUT2D eigenvalue weighted by molar-refractivity contribution is 1.09. The van der Waals surface area contributed by atoms with E-state index in [1.807, 2.05) is 6.19 Å². The summed E-state index contributed by atoms with van der Waals surface area (Å²) < 4.78 is 0. The molecule has 5 nitrogen and oxygen atoms in total. The maximum atomic E-state index is 8.67. The molecule has 1 aromatic rings. The average Bonchev–Trinajstić information content (AvgIpc) is 2.17. The van der Waals surface area contributed by atoms with Crippen molar-refractivity contribution in [2.45, 2.75) is 0 Å². The average molecular weight is 159 g/mol. The van der Waals surface area contributed by atoms with Crippen LogP contribution in [0.5, 0.6) is 0 Å². The lowest BCUT2D eigenvalue weighted by Gasteiger charge is -2.17. The van der Waals surface area contributed by atoms with E-state index in [1.54, 1.807) is 18.6 Å². The van der Waals surface area contributed by atoms with Crippen LogP contribution in [0.2, 0.25) is 0 Å². The van der Waals surface area contributed by atoms with Crippen LogP contribution >= 0.6 is 0 Å². The first kappa shape index (κ1) is 6.61. The predicted octanol–water partition coefficient (Wildman–Crippen LogP) is 0.661. The molecule has 0 atom stereocenters. The zero-order valence-electron chi connectivity index (χ0n) is 6.10. The van der Waals surface area contributed by atoms with Crippen LogP contribution in [-0.2, 0) is 0 Å². The van der Waals surface area contributed by atoms with Crippen molar-refractivity contribution in [3.05, 3.63) is 24.9 Å². The van der Waals surface area contributed by atoms with Gasteiger partial charge in [-0.25, -0.2) is 14.9 Å². The maximum absolute atomic E-state index is 8.67. The van der Waals surface area contributed by atoms with Crippen LogP contribution in [-0.4, -0.2) is 9.97 Å². The Morgan fingerprint density at radius 1 is 1.58 bits per heavy atom. The van der Waals surface area contributed by atoms with Gasteiger partial charge >= 0.3 is 0 Å². The number of nitrogens with one attached hydrogen (secondary N) is 1. The molecule has 0 spiro atoms. The second-order valence-corrected chi connectivity index (χ2v) is 2.19. The highest BCUT2D eigenvalue weighted by atomic mass is 15.2. The third-order valence-corrected chi connectivity index (χ3v) is 1.49. The van der Waals surface area contributed by atoms with Crippen LogP contribution in [0.1, 0.15) is 0 Å². The summed E-state index contributed by atoms with van der Waals surface area (Å²) in [5, 5.41) is 11.6. The van der Waals surface area contributed by atoms with Gasteiger partial charge in [-0.15, -0.1) is 0 Å². The van der Waals surface area contributed by atoms with E-state index < -0.39 is 0 Å². The van der Waals surface area contributed by atoms with Crippen LogP contribution in [0.4, 0.5) is 11.5 Å². The summed E-state index contributed by atoms with van der Waals surface area (Å²) in [5.74, 6) is 0.579. The molecule has 0 radical (unpaired) electrons. The normalized spacial score (nSPS) is 13.1. The fourth-order valence-corrected chi connectivity index (χ4v) is 0.970. The summed E-state index contributed by atoms with van der Waals surface area (Å²) in [6.45, 7) is 0. The zero-order valence-corrected chi connectivity index (χ0v) is 6.10. The maximum Gasteiger partial charge on any atom is 0.190 e. The van der Waals surface area contributed by atoms with Crippen molar-refractivity contribution in [3.8, 4) is 6.19 Å². The minimum Gasteiger partial charge on any atom is -0.356 e. The van der Waals surface area contributed by atoms with E-state index in [0.717, 1.165) is 5.69 Å². The molecule has 1 aromatic heterocycles. The molecule has 0 fully saturated rings. The summed E-state index contributed by atoms with van der Waals surface area (Å²) >= 11 is 0. The van der Waals surface area contributed by atoms with Crippen molar-refractivity contribution in [2.24, 2.45) is 0 Å².